The first kappa shape index (κ1) is 12.2. The van der Waals surface area contributed by atoms with Crippen LogP contribution in [-0.2, 0) is 0 Å². The molecule has 0 bridgehead atoms. The topological polar surface area (TPSA) is 0 Å². The van der Waals surface area contributed by atoms with Gasteiger partial charge in [-0.05, 0) is 22.3 Å². The minimum Gasteiger partial charge on any atom is -0.173 e. The van der Waals surface area contributed by atoms with Gasteiger partial charge in [0.15, 0.2) is 0 Å². The van der Waals surface area contributed by atoms with E-state index >= 15 is 0 Å². The van der Waals surface area contributed by atoms with Crippen LogP contribution in [-0.4, -0.2) is 0 Å². The van der Waals surface area contributed by atoms with Gasteiger partial charge in [-0.3, -0.25) is 0 Å². The minimum atomic E-state index is -1.68. The van der Waals surface area contributed by atoms with Crippen molar-refractivity contribution in [1.29, 1.82) is 0 Å². The highest BCUT2D eigenvalue weighted by Gasteiger charge is 1.98. The van der Waals surface area contributed by atoms with E-state index in [0.29, 0.717) is 5.56 Å². The second kappa shape index (κ2) is 5.41. The molecule has 2 heteroatoms. The summed E-state index contributed by atoms with van der Waals surface area (Å²) in [4.78, 5) is 0. The Labute approximate surface area is 105 Å². The first-order valence-corrected chi connectivity index (χ1v) is 5.54. The predicted molar refractivity (Wildman–Crippen MR) is 72.2 cm³/mol. The Hall–Kier alpha value is -2.22. The molecule has 18 heavy (non-hydrogen) atoms. The van der Waals surface area contributed by atoms with Crippen molar-refractivity contribution in [2.24, 2.45) is 0 Å². The molecule has 0 saturated heterocycles. The lowest BCUT2D eigenvalue weighted by Gasteiger charge is -2.03. The van der Waals surface area contributed by atoms with E-state index in [2.05, 4.69) is 6.58 Å². The second-order valence-corrected chi connectivity index (χ2v) is 3.88. The maximum absolute atomic E-state index is 12.1. The summed E-state index contributed by atoms with van der Waals surface area (Å²) in [6.45, 7) is 3.70. The van der Waals surface area contributed by atoms with Crippen LogP contribution < -0.4 is 0 Å². The highest BCUT2D eigenvalue weighted by atomic mass is 19.3. The summed E-state index contributed by atoms with van der Waals surface area (Å²) < 4.78 is 24.2. The number of halogens is 2. The van der Waals surface area contributed by atoms with E-state index in [-0.39, 0.29) is 0 Å². The molecular formula is C16H12F2. The van der Waals surface area contributed by atoms with Crippen molar-refractivity contribution in [3.05, 3.63) is 72.3 Å². The molecule has 0 nitrogen and oxygen atoms in total. The zero-order valence-corrected chi connectivity index (χ0v) is 9.74. The summed E-state index contributed by atoms with van der Waals surface area (Å²) in [7, 11) is 0. The van der Waals surface area contributed by atoms with E-state index in [1.54, 1.807) is 18.2 Å². The highest BCUT2D eigenvalue weighted by molar-refractivity contribution is 5.67. The van der Waals surface area contributed by atoms with Crippen LogP contribution in [0.25, 0.3) is 23.3 Å². The van der Waals surface area contributed by atoms with Crippen LogP contribution in [0.3, 0.4) is 0 Å². The van der Waals surface area contributed by atoms with Gasteiger partial charge in [0.1, 0.15) is 0 Å². The van der Waals surface area contributed by atoms with Gasteiger partial charge in [-0.2, -0.15) is 8.78 Å². The Morgan fingerprint density at radius 3 is 1.61 bits per heavy atom. The van der Waals surface area contributed by atoms with Crippen LogP contribution in [0.1, 0.15) is 11.1 Å². The Bertz CT molecular complexity index is 559. The van der Waals surface area contributed by atoms with Crippen molar-refractivity contribution < 1.29 is 8.78 Å². The molecule has 0 atom stereocenters. The largest absolute Gasteiger partial charge is 0.270 e. The van der Waals surface area contributed by atoms with Crippen molar-refractivity contribution >= 4 is 12.2 Å². The first-order chi connectivity index (χ1) is 8.69. The highest BCUT2D eigenvalue weighted by Crippen LogP contribution is 2.21. The fraction of sp³-hybridized carbons (Fsp3) is 0. The molecule has 0 spiro atoms. The molecule has 0 aliphatic heterocycles. The third-order valence-corrected chi connectivity index (χ3v) is 2.67. The molecule has 2 aromatic carbocycles. The summed E-state index contributed by atoms with van der Waals surface area (Å²) in [5.41, 5.74) is 3.61. The third-order valence-electron chi connectivity index (χ3n) is 2.67. The lowest BCUT2D eigenvalue weighted by Crippen LogP contribution is -1.79. The van der Waals surface area contributed by atoms with Gasteiger partial charge in [-0.25, -0.2) is 0 Å². The van der Waals surface area contributed by atoms with E-state index in [4.69, 9.17) is 0 Å². The second-order valence-electron chi connectivity index (χ2n) is 3.88. The lowest BCUT2D eigenvalue weighted by molar-refractivity contribution is 0.429. The number of hydrogen-bond donors (Lipinski definition) is 0. The molecule has 0 heterocycles. The molecule has 0 aliphatic carbocycles. The molecule has 0 aliphatic rings. The summed E-state index contributed by atoms with van der Waals surface area (Å²) in [5, 5.41) is 0. The molecule has 2 rings (SSSR count). The van der Waals surface area contributed by atoms with Crippen LogP contribution in [0.15, 0.2) is 61.2 Å². The van der Waals surface area contributed by atoms with Crippen molar-refractivity contribution in [2.45, 2.75) is 0 Å². The molecule has 0 amide bonds. The Morgan fingerprint density at radius 1 is 0.778 bits per heavy atom. The van der Waals surface area contributed by atoms with Crippen molar-refractivity contribution in [2.75, 3.05) is 0 Å². The normalized spacial score (nSPS) is 9.89. The van der Waals surface area contributed by atoms with Crippen LogP contribution in [0.5, 0.6) is 0 Å². The summed E-state index contributed by atoms with van der Waals surface area (Å²) in [6, 6.07) is 14.9. The zero-order valence-electron chi connectivity index (χ0n) is 9.74. The molecule has 0 saturated carbocycles. The quantitative estimate of drug-likeness (QED) is 0.691. The van der Waals surface area contributed by atoms with Crippen molar-refractivity contribution in [3.8, 4) is 11.1 Å². The molecule has 0 radical (unpaired) electrons. The van der Waals surface area contributed by atoms with Gasteiger partial charge in [0.2, 0.25) is 0 Å². The van der Waals surface area contributed by atoms with Gasteiger partial charge < -0.3 is 0 Å². The molecule has 2 aromatic rings. The Kier molecular flexibility index (Phi) is 3.68. The molecule has 0 unspecified atom stereocenters. The molecule has 0 N–H and O–H groups in total. The molecule has 0 fully saturated rings. The summed E-state index contributed by atoms with van der Waals surface area (Å²) >= 11 is 0. The SMILES string of the molecule is C=Cc1ccc(-c2ccc(C=C(F)F)cc2)cc1. The van der Waals surface area contributed by atoms with E-state index < -0.39 is 6.08 Å². The predicted octanol–water partition coefficient (Wildman–Crippen LogP) is 5.23. The fourth-order valence-electron chi connectivity index (χ4n) is 1.71. The summed E-state index contributed by atoms with van der Waals surface area (Å²) in [5.74, 6) is 0. The van der Waals surface area contributed by atoms with Crippen molar-refractivity contribution in [3.63, 3.8) is 0 Å². The van der Waals surface area contributed by atoms with E-state index in [9.17, 15) is 8.78 Å². The maximum Gasteiger partial charge on any atom is 0.270 e. The fourth-order valence-corrected chi connectivity index (χ4v) is 1.71. The average molecular weight is 242 g/mol. The number of rotatable bonds is 3. The number of hydrogen-bond acceptors (Lipinski definition) is 0. The monoisotopic (exact) mass is 242 g/mol. The molecule has 90 valence electrons. The lowest BCUT2D eigenvalue weighted by atomic mass is 10.0. The third kappa shape index (κ3) is 2.92. The molecular weight excluding hydrogens is 230 g/mol. The Balaban J connectivity index is 2.28. The van der Waals surface area contributed by atoms with Crippen molar-refractivity contribution in [1.82, 2.24) is 0 Å². The van der Waals surface area contributed by atoms with Crippen LogP contribution >= 0.6 is 0 Å². The van der Waals surface area contributed by atoms with Gasteiger partial charge in [-0.15, -0.1) is 0 Å². The van der Waals surface area contributed by atoms with E-state index in [1.165, 1.54) is 0 Å². The smallest absolute Gasteiger partial charge is 0.173 e. The van der Waals surface area contributed by atoms with Gasteiger partial charge in [0, 0.05) is 6.08 Å². The van der Waals surface area contributed by atoms with Gasteiger partial charge >= 0.3 is 0 Å². The van der Waals surface area contributed by atoms with Crippen LogP contribution in [0.4, 0.5) is 8.78 Å². The zero-order chi connectivity index (χ0) is 13.0. The number of benzene rings is 2. The van der Waals surface area contributed by atoms with E-state index in [0.717, 1.165) is 22.8 Å². The van der Waals surface area contributed by atoms with Gasteiger partial charge in [0.25, 0.3) is 6.08 Å². The average Bonchev–Trinajstić information content (AvgIpc) is 2.39. The van der Waals surface area contributed by atoms with E-state index in [1.807, 2.05) is 36.4 Å². The van der Waals surface area contributed by atoms with Crippen LogP contribution in [0, 0.1) is 0 Å². The van der Waals surface area contributed by atoms with Crippen LogP contribution in [0.2, 0.25) is 0 Å². The molecule has 0 aromatic heterocycles. The van der Waals surface area contributed by atoms with Gasteiger partial charge in [-0.1, -0.05) is 61.2 Å². The first-order valence-electron chi connectivity index (χ1n) is 5.54. The summed E-state index contributed by atoms with van der Waals surface area (Å²) in [6.07, 6.45) is 0.949. The standard InChI is InChI=1S/C16H12F2/c1-2-12-3-7-14(8-4-12)15-9-5-13(6-10-15)11-16(17)18/h2-11H,1H2. The van der Waals surface area contributed by atoms with Gasteiger partial charge in [0.05, 0.1) is 0 Å². The maximum atomic E-state index is 12.1. The Morgan fingerprint density at radius 2 is 1.22 bits per heavy atom. The minimum absolute atomic E-state index is 0.501.